The lowest BCUT2D eigenvalue weighted by Crippen LogP contribution is -2.54. The molecular formula is C15H26N2. The Balaban J connectivity index is 1.87. The molecule has 0 aliphatic heterocycles. The molecule has 0 radical (unpaired) electrons. The molecule has 2 saturated carbocycles. The summed E-state index contributed by atoms with van der Waals surface area (Å²) in [6, 6.07) is 0. The van der Waals surface area contributed by atoms with E-state index >= 15 is 0 Å². The molecule has 2 rings (SSSR count). The van der Waals surface area contributed by atoms with Crippen LogP contribution in [0.5, 0.6) is 0 Å². The van der Waals surface area contributed by atoms with Gasteiger partial charge >= 0.3 is 0 Å². The second-order valence-electron chi connectivity index (χ2n) is 6.07. The molecule has 0 heterocycles. The topological polar surface area (TPSA) is 38.0 Å². The van der Waals surface area contributed by atoms with E-state index in [4.69, 9.17) is 12.2 Å². The first-order chi connectivity index (χ1) is 8.24. The monoisotopic (exact) mass is 234 g/mol. The number of nitrogens with two attached hydrogens (primary N) is 1. The van der Waals surface area contributed by atoms with E-state index in [1.807, 2.05) is 0 Å². The van der Waals surface area contributed by atoms with Gasteiger partial charge in [-0.1, -0.05) is 12.8 Å². The quantitative estimate of drug-likeness (QED) is 0.579. The molecule has 2 nitrogen and oxygen atoms in total. The van der Waals surface area contributed by atoms with Gasteiger partial charge in [-0.3, -0.25) is 0 Å². The fraction of sp³-hybridized carbons (Fsp3) is 0.867. The number of hydrogen-bond acceptors (Lipinski definition) is 2. The van der Waals surface area contributed by atoms with E-state index in [-0.39, 0.29) is 5.54 Å². The smallest absolute Gasteiger partial charge is 0.0304 e. The summed E-state index contributed by atoms with van der Waals surface area (Å²) in [6.45, 7) is 1.67. The van der Waals surface area contributed by atoms with Crippen LogP contribution < -0.4 is 11.1 Å². The van der Waals surface area contributed by atoms with E-state index in [9.17, 15) is 0 Å². The van der Waals surface area contributed by atoms with Gasteiger partial charge in [-0.05, 0) is 43.9 Å². The summed E-state index contributed by atoms with van der Waals surface area (Å²) < 4.78 is 0. The van der Waals surface area contributed by atoms with Crippen molar-refractivity contribution in [3.63, 3.8) is 0 Å². The highest BCUT2D eigenvalue weighted by atomic mass is 15.0. The highest BCUT2D eigenvalue weighted by molar-refractivity contribution is 5.00. The van der Waals surface area contributed by atoms with E-state index < -0.39 is 0 Å². The normalized spacial score (nSPS) is 25.9. The Kier molecular flexibility index (Phi) is 4.12. The van der Waals surface area contributed by atoms with Crippen LogP contribution in [0.1, 0.15) is 57.8 Å². The summed E-state index contributed by atoms with van der Waals surface area (Å²) in [6.07, 6.45) is 17.1. The molecule has 2 fully saturated rings. The molecule has 0 aromatic rings. The summed E-state index contributed by atoms with van der Waals surface area (Å²) >= 11 is 0. The number of terminal acetylenes is 1. The standard InChI is InChI=1S/C15H26N2/c1-2-3-12-17-15(13-16)10-8-14(9-11-15)6-4-5-7-14/h1,17H,3-13,16H2. The second kappa shape index (κ2) is 5.42. The van der Waals surface area contributed by atoms with Crippen molar-refractivity contribution in [2.75, 3.05) is 13.1 Å². The van der Waals surface area contributed by atoms with Gasteiger partial charge < -0.3 is 11.1 Å². The lowest BCUT2D eigenvalue weighted by molar-refractivity contribution is 0.115. The predicted octanol–water partition coefficient (Wildman–Crippen LogP) is 2.43. The summed E-state index contributed by atoms with van der Waals surface area (Å²) in [5, 5.41) is 3.62. The molecule has 0 aromatic heterocycles. The average Bonchev–Trinajstić information content (AvgIpc) is 2.82. The first-order valence-corrected chi connectivity index (χ1v) is 7.13. The molecule has 0 amide bonds. The lowest BCUT2D eigenvalue weighted by Gasteiger charge is -2.45. The van der Waals surface area contributed by atoms with Crippen molar-refractivity contribution < 1.29 is 0 Å². The van der Waals surface area contributed by atoms with Gasteiger partial charge in [0.1, 0.15) is 0 Å². The molecule has 17 heavy (non-hydrogen) atoms. The minimum Gasteiger partial charge on any atom is -0.329 e. The number of hydrogen-bond donors (Lipinski definition) is 2. The molecular weight excluding hydrogens is 208 g/mol. The van der Waals surface area contributed by atoms with Crippen molar-refractivity contribution in [2.24, 2.45) is 11.1 Å². The van der Waals surface area contributed by atoms with Gasteiger partial charge in [-0.2, -0.15) is 0 Å². The summed E-state index contributed by atoms with van der Waals surface area (Å²) in [5.74, 6) is 2.69. The van der Waals surface area contributed by atoms with Crippen molar-refractivity contribution in [1.82, 2.24) is 5.32 Å². The largest absolute Gasteiger partial charge is 0.329 e. The van der Waals surface area contributed by atoms with E-state index in [1.54, 1.807) is 0 Å². The molecule has 0 saturated heterocycles. The van der Waals surface area contributed by atoms with Crippen LogP contribution in [0.15, 0.2) is 0 Å². The molecule has 1 spiro atoms. The van der Waals surface area contributed by atoms with Crippen LogP contribution in [0.2, 0.25) is 0 Å². The first-order valence-electron chi connectivity index (χ1n) is 7.13. The number of nitrogens with one attached hydrogen (secondary N) is 1. The highest BCUT2D eigenvalue weighted by Crippen LogP contribution is 2.50. The Morgan fingerprint density at radius 3 is 2.24 bits per heavy atom. The molecule has 0 atom stereocenters. The van der Waals surface area contributed by atoms with Crippen molar-refractivity contribution in [1.29, 1.82) is 0 Å². The van der Waals surface area contributed by atoms with Crippen molar-refractivity contribution in [2.45, 2.75) is 63.3 Å². The SMILES string of the molecule is C#CCCNC1(CN)CCC2(CCCC2)CC1. The molecule has 0 aromatic carbocycles. The van der Waals surface area contributed by atoms with Gasteiger partial charge in [0.2, 0.25) is 0 Å². The van der Waals surface area contributed by atoms with Gasteiger partial charge in [-0.15, -0.1) is 12.3 Å². The third-order valence-corrected chi connectivity index (χ3v) is 5.09. The van der Waals surface area contributed by atoms with Gasteiger partial charge in [-0.25, -0.2) is 0 Å². The molecule has 2 aliphatic rings. The van der Waals surface area contributed by atoms with Crippen LogP contribution in [-0.4, -0.2) is 18.6 Å². The Hall–Kier alpha value is -0.520. The summed E-state index contributed by atoms with van der Waals surface area (Å²) in [4.78, 5) is 0. The van der Waals surface area contributed by atoms with Crippen LogP contribution in [0.25, 0.3) is 0 Å². The Morgan fingerprint density at radius 1 is 1.06 bits per heavy atom. The third-order valence-electron chi connectivity index (χ3n) is 5.09. The zero-order valence-electron chi connectivity index (χ0n) is 10.9. The second-order valence-corrected chi connectivity index (χ2v) is 6.07. The van der Waals surface area contributed by atoms with Gasteiger partial charge in [0.05, 0.1) is 0 Å². The molecule has 0 unspecified atom stereocenters. The minimum absolute atomic E-state index is 0.185. The van der Waals surface area contributed by atoms with Crippen LogP contribution in [-0.2, 0) is 0 Å². The van der Waals surface area contributed by atoms with E-state index in [0.717, 1.165) is 19.5 Å². The third kappa shape index (κ3) is 2.84. The van der Waals surface area contributed by atoms with Crippen molar-refractivity contribution >= 4 is 0 Å². The average molecular weight is 234 g/mol. The molecule has 0 bridgehead atoms. The molecule has 3 N–H and O–H groups in total. The van der Waals surface area contributed by atoms with Crippen LogP contribution in [0.4, 0.5) is 0 Å². The van der Waals surface area contributed by atoms with E-state index in [2.05, 4.69) is 11.2 Å². The maximum absolute atomic E-state index is 5.99. The minimum atomic E-state index is 0.185. The maximum atomic E-state index is 5.99. The van der Waals surface area contributed by atoms with E-state index in [0.29, 0.717) is 5.41 Å². The molecule has 2 heteroatoms. The lowest BCUT2D eigenvalue weighted by atomic mass is 9.66. The summed E-state index contributed by atoms with van der Waals surface area (Å²) in [7, 11) is 0. The number of rotatable bonds is 4. The van der Waals surface area contributed by atoms with Gasteiger partial charge in [0, 0.05) is 25.0 Å². The Morgan fingerprint density at radius 2 is 1.71 bits per heavy atom. The Labute approximate surface area is 106 Å². The van der Waals surface area contributed by atoms with Gasteiger partial charge in [0.15, 0.2) is 0 Å². The zero-order valence-corrected chi connectivity index (χ0v) is 10.9. The zero-order chi connectivity index (χ0) is 12.2. The fourth-order valence-electron chi connectivity index (χ4n) is 3.74. The van der Waals surface area contributed by atoms with Crippen molar-refractivity contribution in [3.05, 3.63) is 0 Å². The fourth-order valence-corrected chi connectivity index (χ4v) is 3.74. The predicted molar refractivity (Wildman–Crippen MR) is 72.6 cm³/mol. The Bertz CT molecular complexity index is 274. The van der Waals surface area contributed by atoms with Crippen molar-refractivity contribution in [3.8, 4) is 12.3 Å². The molecule has 2 aliphatic carbocycles. The molecule has 96 valence electrons. The van der Waals surface area contributed by atoms with Crippen LogP contribution >= 0.6 is 0 Å². The first kappa shape index (κ1) is 12.9. The van der Waals surface area contributed by atoms with Crippen LogP contribution in [0.3, 0.4) is 0 Å². The van der Waals surface area contributed by atoms with E-state index in [1.165, 1.54) is 51.4 Å². The van der Waals surface area contributed by atoms with Crippen LogP contribution in [0, 0.1) is 17.8 Å². The summed E-state index contributed by atoms with van der Waals surface area (Å²) in [5.41, 5.74) is 6.87. The maximum Gasteiger partial charge on any atom is 0.0304 e. The highest BCUT2D eigenvalue weighted by Gasteiger charge is 2.42. The van der Waals surface area contributed by atoms with Gasteiger partial charge in [0.25, 0.3) is 0 Å².